The number of carbonyl (C=O) groups is 1. The number of nitrogens with two attached hydrogens (primary N) is 1. The molecule has 0 bridgehead atoms. The van der Waals surface area contributed by atoms with Crippen LogP contribution in [0.3, 0.4) is 0 Å². The summed E-state index contributed by atoms with van der Waals surface area (Å²) in [7, 11) is 1.55. The zero-order valence-electron chi connectivity index (χ0n) is 10.2. The van der Waals surface area contributed by atoms with Crippen LogP contribution in [0.5, 0.6) is 0 Å². The van der Waals surface area contributed by atoms with Crippen LogP contribution in [0.2, 0.25) is 0 Å². The van der Waals surface area contributed by atoms with Gasteiger partial charge in [-0.1, -0.05) is 0 Å². The molecular weight excluding hydrogens is 223 g/mol. The molecule has 17 heavy (non-hydrogen) atoms. The summed E-state index contributed by atoms with van der Waals surface area (Å²) in [6.45, 7) is 3.77. The van der Waals surface area contributed by atoms with Gasteiger partial charge in [-0.3, -0.25) is 4.79 Å². The molecule has 0 radical (unpaired) electrons. The Kier molecular flexibility index (Phi) is 4.45. The summed E-state index contributed by atoms with van der Waals surface area (Å²) in [6, 6.07) is 2.51. The Bertz CT molecular complexity index is 398. The summed E-state index contributed by atoms with van der Waals surface area (Å²) in [5.41, 5.74) is 6.45. The standard InChI is InChI=1S/C12H17FN2O2/c1-7(6-17-3)15-12(16)9-4-10(13)8(2)11(14)5-9/h4-5,7H,6,14H2,1-3H3,(H,15,16). The fraction of sp³-hybridized carbons (Fsp3) is 0.417. The lowest BCUT2D eigenvalue weighted by atomic mass is 10.1. The van der Waals surface area contributed by atoms with E-state index in [0.717, 1.165) is 0 Å². The van der Waals surface area contributed by atoms with Crippen LogP contribution in [0, 0.1) is 12.7 Å². The van der Waals surface area contributed by atoms with Crippen molar-refractivity contribution in [3.05, 3.63) is 29.1 Å². The number of hydrogen-bond acceptors (Lipinski definition) is 3. The number of benzene rings is 1. The zero-order valence-corrected chi connectivity index (χ0v) is 10.2. The molecule has 1 rings (SSSR count). The van der Waals surface area contributed by atoms with Crippen molar-refractivity contribution >= 4 is 11.6 Å². The van der Waals surface area contributed by atoms with Gasteiger partial charge in [0.1, 0.15) is 5.82 Å². The molecule has 3 N–H and O–H groups in total. The Morgan fingerprint density at radius 1 is 1.59 bits per heavy atom. The van der Waals surface area contributed by atoms with Gasteiger partial charge >= 0.3 is 0 Å². The minimum atomic E-state index is -0.477. The number of carbonyl (C=O) groups excluding carboxylic acids is 1. The lowest BCUT2D eigenvalue weighted by Crippen LogP contribution is -2.35. The third kappa shape index (κ3) is 3.42. The minimum absolute atomic E-state index is 0.141. The van der Waals surface area contributed by atoms with Gasteiger partial charge in [0.25, 0.3) is 5.91 Å². The van der Waals surface area contributed by atoms with Crippen LogP contribution in [0.15, 0.2) is 12.1 Å². The molecular formula is C12H17FN2O2. The lowest BCUT2D eigenvalue weighted by Gasteiger charge is -2.13. The molecule has 1 aromatic rings. The third-order valence-corrected chi connectivity index (χ3v) is 2.44. The van der Waals surface area contributed by atoms with Crippen LogP contribution < -0.4 is 11.1 Å². The van der Waals surface area contributed by atoms with Crippen molar-refractivity contribution in [2.24, 2.45) is 0 Å². The highest BCUT2D eigenvalue weighted by molar-refractivity contribution is 5.95. The first-order chi connectivity index (χ1) is 7.95. The van der Waals surface area contributed by atoms with Gasteiger partial charge in [0, 0.05) is 30.0 Å². The van der Waals surface area contributed by atoms with E-state index < -0.39 is 5.82 Å². The van der Waals surface area contributed by atoms with Gasteiger partial charge < -0.3 is 15.8 Å². The fourth-order valence-electron chi connectivity index (χ4n) is 1.43. The average Bonchev–Trinajstić information content (AvgIpc) is 2.25. The van der Waals surface area contributed by atoms with E-state index in [2.05, 4.69) is 5.32 Å². The van der Waals surface area contributed by atoms with Crippen molar-refractivity contribution in [3.63, 3.8) is 0 Å². The Hall–Kier alpha value is -1.62. The van der Waals surface area contributed by atoms with E-state index in [0.29, 0.717) is 12.2 Å². The molecule has 4 nitrogen and oxygen atoms in total. The number of nitrogen functional groups attached to an aromatic ring is 1. The molecule has 0 heterocycles. The van der Waals surface area contributed by atoms with Crippen LogP contribution >= 0.6 is 0 Å². The number of methoxy groups -OCH3 is 1. The molecule has 5 heteroatoms. The van der Waals surface area contributed by atoms with Crippen molar-refractivity contribution < 1.29 is 13.9 Å². The first kappa shape index (κ1) is 13.4. The van der Waals surface area contributed by atoms with E-state index in [1.165, 1.54) is 12.1 Å². The van der Waals surface area contributed by atoms with Gasteiger partial charge in [-0.25, -0.2) is 4.39 Å². The highest BCUT2D eigenvalue weighted by atomic mass is 19.1. The van der Waals surface area contributed by atoms with Crippen LogP contribution in [0.25, 0.3) is 0 Å². The lowest BCUT2D eigenvalue weighted by molar-refractivity contribution is 0.0905. The SMILES string of the molecule is COCC(C)NC(=O)c1cc(N)c(C)c(F)c1. The van der Waals surface area contributed by atoms with Crippen molar-refractivity contribution in [2.45, 2.75) is 19.9 Å². The molecule has 1 unspecified atom stereocenters. The first-order valence-electron chi connectivity index (χ1n) is 5.31. The largest absolute Gasteiger partial charge is 0.398 e. The molecule has 1 atom stereocenters. The number of ether oxygens (including phenoxy) is 1. The number of hydrogen-bond donors (Lipinski definition) is 2. The van der Waals surface area contributed by atoms with Gasteiger partial charge in [-0.2, -0.15) is 0 Å². The third-order valence-electron chi connectivity index (χ3n) is 2.44. The van der Waals surface area contributed by atoms with E-state index in [4.69, 9.17) is 10.5 Å². The highest BCUT2D eigenvalue weighted by Crippen LogP contribution is 2.17. The highest BCUT2D eigenvalue weighted by Gasteiger charge is 2.13. The Labute approximate surface area is 100.0 Å². The van der Waals surface area contributed by atoms with Crippen molar-refractivity contribution in [1.29, 1.82) is 0 Å². The number of halogens is 1. The average molecular weight is 240 g/mol. The monoisotopic (exact) mass is 240 g/mol. The normalized spacial score (nSPS) is 12.2. The van der Waals surface area contributed by atoms with E-state index in [1.807, 2.05) is 0 Å². The fourth-order valence-corrected chi connectivity index (χ4v) is 1.43. The van der Waals surface area contributed by atoms with Crippen molar-refractivity contribution in [3.8, 4) is 0 Å². The molecule has 0 aliphatic rings. The number of nitrogens with one attached hydrogen (secondary N) is 1. The van der Waals surface area contributed by atoms with Crippen LogP contribution in [-0.4, -0.2) is 25.7 Å². The summed E-state index contributed by atoms with van der Waals surface area (Å²) in [5.74, 6) is -0.838. The van der Waals surface area contributed by atoms with Crippen molar-refractivity contribution in [1.82, 2.24) is 5.32 Å². The second kappa shape index (κ2) is 5.63. The number of amides is 1. The van der Waals surface area contributed by atoms with Gasteiger partial charge in [-0.15, -0.1) is 0 Å². The zero-order chi connectivity index (χ0) is 13.0. The Morgan fingerprint density at radius 3 is 2.76 bits per heavy atom. The van der Waals surface area contributed by atoms with Crippen molar-refractivity contribution in [2.75, 3.05) is 19.5 Å². The first-order valence-corrected chi connectivity index (χ1v) is 5.31. The van der Waals surface area contributed by atoms with Gasteiger partial charge in [0.2, 0.25) is 0 Å². The van der Waals surface area contributed by atoms with Gasteiger partial charge in [0.15, 0.2) is 0 Å². The predicted octanol–water partition coefficient (Wildman–Crippen LogP) is 1.48. The predicted molar refractivity (Wildman–Crippen MR) is 64.4 cm³/mol. The second-order valence-corrected chi connectivity index (χ2v) is 4.00. The van der Waals surface area contributed by atoms with Crippen LogP contribution in [0.1, 0.15) is 22.8 Å². The van der Waals surface area contributed by atoms with Crippen LogP contribution in [-0.2, 0) is 4.74 Å². The smallest absolute Gasteiger partial charge is 0.251 e. The maximum Gasteiger partial charge on any atom is 0.251 e. The summed E-state index contributed by atoms with van der Waals surface area (Å²) in [6.07, 6.45) is 0. The van der Waals surface area contributed by atoms with Crippen LogP contribution in [0.4, 0.5) is 10.1 Å². The van der Waals surface area contributed by atoms with E-state index in [9.17, 15) is 9.18 Å². The topological polar surface area (TPSA) is 64.3 Å². The van der Waals surface area contributed by atoms with Gasteiger partial charge in [-0.05, 0) is 26.0 Å². The quantitative estimate of drug-likeness (QED) is 0.783. The molecule has 94 valence electrons. The number of rotatable bonds is 4. The Balaban J connectivity index is 2.83. The molecule has 0 aliphatic heterocycles. The molecule has 0 aliphatic carbocycles. The second-order valence-electron chi connectivity index (χ2n) is 4.00. The maximum atomic E-state index is 13.4. The molecule has 0 spiro atoms. The van der Waals surface area contributed by atoms with E-state index in [-0.39, 0.29) is 23.2 Å². The molecule has 0 saturated heterocycles. The maximum absolute atomic E-state index is 13.4. The number of anilines is 1. The Morgan fingerprint density at radius 2 is 2.24 bits per heavy atom. The molecule has 0 fully saturated rings. The van der Waals surface area contributed by atoms with E-state index in [1.54, 1.807) is 21.0 Å². The molecule has 1 amide bonds. The molecule has 0 aromatic heterocycles. The summed E-state index contributed by atoms with van der Waals surface area (Å²) >= 11 is 0. The molecule has 1 aromatic carbocycles. The minimum Gasteiger partial charge on any atom is -0.398 e. The molecule has 0 saturated carbocycles. The van der Waals surface area contributed by atoms with Gasteiger partial charge in [0.05, 0.1) is 6.61 Å². The van der Waals surface area contributed by atoms with E-state index >= 15 is 0 Å². The summed E-state index contributed by atoms with van der Waals surface area (Å²) in [5, 5.41) is 2.68. The summed E-state index contributed by atoms with van der Waals surface area (Å²) < 4.78 is 18.3. The summed E-state index contributed by atoms with van der Waals surface area (Å²) in [4.78, 5) is 11.8.